The van der Waals surface area contributed by atoms with Crippen LogP contribution in [0.1, 0.15) is 79.5 Å². The van der Waals surface area contributed by atoms with Gasteiger partial charge in [-0.05, 0) is 99.1 Å². The van der Waals surface area contributed by atoms with Crippen molar-refractivity contribution in [1.29, 1.82) is 0 Å². The van der Waals surface area contributed by atoms with Gasteiger partial charge < -0.3 is 14.8 Å². The van der Waals surface area contributed by atoms with Gasteiger partial charge in [0.2, 0.25) is 5.95 Å². The molecular weight excluding hydrogens is 498 g/mol. The number of hydrogen-bond acceptors (Lipinski definition) is 6. The average Bonchev–Trinajstić information content (AvgIpc) is 3.55. The van der Waals surface area contributed by atoms with Crippen LogP contribution in [0.25, 0.3) is 16.5 Å². The zero-order valence-corrected chi connectivity index (χ0v) is 23.8. The summed E-state index contributed by atoms with van der Waals surface area (Å²) in [7, 11) is 0. The minimum absolute atomic E-state index is 0.154. The second kappa shape index (κ2) is 10.9. The van der Waals surface area contributed by atoms with E-state index in [1.165, 1.54) is 16.7 Å². The van der Waals surface area contributed by atoms with Gasteiger partial charge in [0.1, 0.15) is 6.26 Å². The Morgan fingerprint density at radius 2 is 2.00 bits per heavy atom. The summed E-state index contributed by atoms with van der Waals surface area (Å²) in [6, 6.07) is 8.09. The number of rotatable bonds is 7. The van der Waals surface area contributed by atoms with Crippen LogP contribution in [-0.4, -0.2) is 25.9 Å². The molecule has 4 aromatic rings. The topological polar surface area (TPSA) is 96.7 Å². The summed E-state index contributed by atoms with van der Waals surface area (Å²) in [5.74, 6) is 2.19. The normalized spacial score (nSPS) is 20.9. The molecule has 2 aliphatic rings. The molecule has 0 radical (unpaired) electrons. The van der Waals surface area contributed by atoms with Crippen LogP contribution in [0.2, 0.25) is 0 Å². The van der Waals surface area contributed by atoms with Crippen molar-refractivity contribution in [3.8, 4) is 0 Å². The SMILES string of the molecule is CC1=CC(C)C(C)C=C(c2ccnc(Nc3cc(C)c4[nH]c(C(=O)CCC5CCc6nocc6C5)cc4c3)n2)C1. The van der Waals surface area contributed by atoms with E-state index in [-0.39, 0.29) is 5.78 Å². The number of carbonyl (C=O) groups excluding carboxylic acids is 1. The number of ketones is 1. The number of H-pyrrole nitrogens is 1. The van der Waals surface area contributed by atoms with Crippen molar-refractivity contribution < 1.29 is 9.32 Å². The molecule has 3 atom stereocenters. The molecule has 6 rings (SSSR count). The molecule has 1 aromatic carbocycles. The van der Waals surface area contributed by atoms with Crippen LogP contribution in [0.3, 0.4) is 0 Å². The first-order chi connectivity index (χ1) is 19.3. The van der Waals surface area contributed by atoms with Crippen LogP contribution in [0.15, 0.2) is 59.0 Å². The molecule has 3 aromatic heterocycles. The molecule has 0 bridgehead atoms. The Bertz CT molecular complexity index is 1620. The van der Waals surface area contributed by atoms with Gasteiger partial charge in [0.05, 0.1) is 17.1 Å². The van der Waals surface area contributed by atoms with E-state index in [2.05, 4.69) is 72.4 Å². The van der Waals surface area contributed by atoms with E-state index in [1.807, 2.05) is 18.3 Å². The van der Waals surface area contributed by atoms with Gasteiger partial charge in [-0.3, -0.25) is 4.79 Å². The van der Waals surface area contributed by atoms with E-state index < -0.39 is 0 Å². The molecule has 2 N–H and O–H groups in total. The molecule has 2 aliphatic carbocycles. The molecule has 0 saturated heterocycles. The van der Waals surface area contributed by atoms with Gasteiger partial charge in [0.15, 0.2) is 5.78 Å². The number of carbonyl (C=O) groups is 1. The van der Waals surface area contributed by atoms with Gasteiger partial charge in [-0.25, -0.2) is 9.97 Å². The highest BCUT2D eigenvalue weighted by atomic mass is 16.5. The molecule has 3 unspecified atom stereocenters. The van der Waals surface area contributed by atoms with Gasteiger partial charge in [-0.2, -0.15) is 0 Å². The van der Waals surface area contributed by atoms with Gasteiger partial charge in [0, 0.05) is 34.8 Å². The van der Waals surface area contributed by atoms with Crippen molar-refractivity contribution in [3.05, 3.63) is 82.7 Å². The van der Waals surface area contributed by atoms with Crippen LogP contribution in [0.4, 0.5) is 11.6 Å². The zero-order valence-electron chi connectivity index (χ0n) is 23.8. The van der Waals surface area contributed by atoms with Gasteiger partial charge in [0.25, 0.3) is 0 Å². The summed E-state index contributed by atoms with van der Waals surface area (Å²) in [4.78, 5) is 25.8. The largest absolute Gasteiger partial charge is 0.364 e. The van der Waals surface area contributed by atoms with Crippen LogP contribution in [0.5, 0.6) is 0 Å². The van der Waals surface area contributed by atoms with Crippen molar-refractivity contribution >= 4 is 33.9 Å². The van der Waals surface area contributed by atoms with E-state index in [0.29, 0.717) is 35.8 Å². The molecule has 7 nitrogen and oxygen atoms in total. The average molecular weight is 536 g/mol. The predicted octanol–water partition coefficient (Wildman–Crippen LogP) is 7.77. The fourth-order valence-electron chi connectivity index (χ4n) is 6.16. The highest BCUT2D eigenvalue weighted by Crippen LogP contribution is 2.32. The number of benzene rings is 1. The first kappa shape index (κ1) is 26.2. The van der Waals surface area contributed by atoms with Crippen LogP contribution >= 0.6 is 0 Å². The summed E-state index contributed by atoms with van der Waals surface area (Å²) in [6.45, 7) is 8.78. The van der Waals surface area contributed by atoms with E-state index in [9.17, 15) is 4.79 Å². The quantitative estimate of drug-likeness (QED) is 0.185. The first-order valence-corrected chi connectivity index (χ1v) is 14.4. The monoisotopic (exact) mass is 535 g/mol. The Labute approximate surface area is 235 Å². The van der Waals surface area contributed by atoms with E-state index >= 15 is 0 Å². The molecule has 206 valence electrons. The number of anilines is 2. The highest BCUT2D eigenvalue weighted by Gasteiger charge is 2.23. The molecule has 0 saturated carbocycles. The van der Waals surface area contributed by atoms with Crippen LogP contribution in [0, 0.1) is 24.7 Å². The summed E-state index contributed by atoms with van der Waals surface area (Å²) in [5.41, 5.74) is 9.47. The summed E-state index contributed by atoms with van der Waals surface area (Å²) >= 11 is 0. The summed E-state index contributed by atoms with van der Waals surface area (Å²) in [5, 5.41) is 8.48. The Kier molecular flexibility index (Phi) is 7.13. The fraction of sp³-hybridized carbons (Fsp3) is 0.394. The maximum Gasteiger partial charge on any atom is 0.227 e. The van der Waals surface area contributed by atoms with E-state index in [1.54, 1.807) is 6.26 Å². The second-order valence-electron chi connectivity index (χ2n) is 11.8. The third kappa shape index (κ3) is 5.51. The maximum absolute atomic E-state index is 13.1. The minimum atomic E-state index is 0.154. The lowest BCUT2D eigenvalue weighted by Gasteiger charge is -2.19. The first-order valence-electron chi connectivity index (χ1n) is 14.4. The van der Waals surface area contributed by atoms with Crippen molar-refractivity contribution in [1.82, 2.24) is 20.1 Å². The lowest BCUT2D eigenvalue weighted by Crippen LogP contribution is -2.15. The Balaban J connectivity index is 1.16. The fourth-order valence-corrected chi connectivity index (χ4v) is 6.16. The predicted molar refractivity (Wildman–Crippen MR) is 159 cm³/mol. The van der Waals surface area contributed by atoms with Gasteiger partial charge >= 0.3 is 0 Å². The second-order valence-corrected chi connectivity index (χ2v) is 11.8. The third-order valence-electron chi connectivity index (χ3n) is 8.58. The molecule has 7 heteroatoms. The molecule has 0 fully saturated rings. The smallest absolute Gasteiger partial charge is 0.227 e. The van der Waals surface area contributed by atoms with Crippen molar-refractivity contribution in [2.45, 2.75) is 66.2 Å². The van der Waals surface area contributed by atoms with Crippen molar-refractivity contribution in [3.63, 3.8) is 0 Å². The number of hydrogen-bond donors (Lipinski definition) is 2. The van der Waals surface area contributed by atoms with Crippen molar-refractivity contribution in [2.24, 2.45) is 17.8 Å². The Morgan fingerprint density at radius 3 is 2.88 bits per heavy atom. The number of Topliss-reactive ketones (excluding diaryl/α,β-unsaturated/α-hetero) is 1. The standard InChI is InChI=1S/C33H37N5O2/c1-19-11-20(2)21(3)13-24(12-19)28-9-10-34-33(37-28)35-27-14-22(4)32-25(16-27)17-30(36-32)31(39)8-6-23-5-7-29-26(15-23)18-40-38-29/h9-11,13-14,16-18,20-21,23,36H,5-8,12,15H2,1-4H3,(H,34,35,37). The zero-order chi connectivity index (χ0) is 27.8. The van der Waals surface area contributed by atoms with Gasteiger partial charge in [-0.1, -0.05) is 36.7 Å². The lowest BCUT2D eigenvalue weighted by molar-refractivity contribution is 0.0968. The van der Waals surface area contributed by atoms with E-state index in [4.69, 9.17) is 9.51 Å². The Hall–Kier alpha value is -4.00. The number of fused-ring (bicyclic) bond motifs is 2. The number of aryl methyl sites for hydroxylation is 2. The summed E-state index contributed by atoms with van der Waals surface area (Å²) < 4.78 is 5.11. The van der Waals surface area contributed by atoms with Crippen LogP contribution in [-0.2, 0) is 12.8 Å². The molecule has 40 heavy (non-hydrogen) atoms. The Morgan fingerprint density at radius 1 is 1.15 bits per heavy atom. The molecule has 0 spiro atoms. The minimum Gasteiger partial charge on any atom is -0.364 e. The molecule has 3 heterocycles. The van der Waals surface area contributed by atoms with Gasteiger partial charge in [-0.15, -0.1) is 0 Å². The van der Waals surface area contributed by atoms with Crippen molar-refractivity contribution in [2.75, 3.05) is 5.32 Å². The molecule has 0 aliphatic heterocycles. The highest BCUT2D eigenvalue weighted by molar-refractivity contribution is 6.00. The maximum atomic E-state index is 13.1. The number of allylic oxidation sites excluding steroid dienone is 4. The number of aromatic amines is 1. The lowest BCUT2D eigenvalue weighted by atomic mass is 9.84. The number of nitrogens with one attached hydrogen (secondary N) is 2. The number of nitrogens with zero attached hydrogens (tertiary/aromatic N) is 3. The molecular formula is C33H37N5O2. The molecule has 0 amide bonds. The number of aromatic nitrogens is 4. The summed E-state index contributed by atoms with van der Waals surface area (Å²) in [6.07, 6.45) is 13.5. The van der Waals surface area contributed by atoms with E-state index in [0.717, 1.165) is 65.6 Å². The van der Waals surface area contributed by atoms with Crippen LogP contribution < -0.4 is 5.32 Å². The third-order valence-corrected chi connectivity index (χ3v) is 8.58.